The van der Waals surface area contributed by atoms with Crippen molar-refractivity contribution >= 4 is 82.9 Å². The van der Waals surface area contributed by atoms with Gasteiger partial charge in [-0.05, 0) is 113 Å². The van der Waals surface area contributed by atoms with Gasteiger partial charge in [0.05, 0.1) is 18.6 Å². The molecule has 5 rings (SSSR count). The van der Waals surface area contributed by atoms with E-state index in [1.165, 1.54) is 94.0 Å². The predicted molar refractivity (Wildman–Crippen MR) is 383 cm³/mol. The fourth-order valence-electron chi connectivity index (χ4n) is 12.3. The molecule has 2 aromatic carbocycles. The summed E-state index contributed by atoms with van der Waals surface area (Å²) in [7, 11) is 0. The Morgan fingerprint density at radius 3 is 1.74 bits per heavy atom. The van der Waals surface area contributed by atoms with Crippen LogP contribution in [-0.4, -0.2) is 199 Å². The molecule has 3 heterocycles. The number of phenols is 1. The summed E-state index contributed by atoms with van der Waals surface area (Å²) < 4.78 is 5.82. The lowest BCUT2D eigenvalue weighted by atomic mass is 9.97. The highest BCUT2D eigenvalue weighted by molar-refractivity contribution is 5.99. The van der Waals surface area contributed by atoms with Crippen LogP contribution in [0.1, 0.15) is 206 Å². The van der Waals surface area contributed by atoms with Crippen LogP contribution in [0, 0.1) is 5.92 Å². The van der Waals surface area contributed by atoms with Crippen LogP contribution in [-0.2, 0) is 80.0 Å². The second-order valence-corrected chi connectivity index (χ2v) is 27.4. The van der Waals surface area contributed by atoms with Gasteiger partial charge in [0.1, 0.15) is 71.9 Å². The zero-order valence-corrected chi connectivity index (χ0v) is 61.1. The fraction of sp³-hybridized carbons (Fsp3) is 0.644. The molecular formula is C73H112N12O20. The zero-order chi connectivity index (χ0) is 77.7. The summed E-state index contributed by atoms with van der Waals surface area (Å²) in [6.45, 7) is 7.84. The minimum atomic E-state index is -1.98. The lowest BCUT2D eigenvalue weighted by Crippen LogP contribution is -2.62. The number of hydrogen-bond acceptors (Lipinski definition) is 19. The average Bonchev–Trinajstić information content (AvgIpc) is 1.78. The number of rotatable bonds is 37. The molecule has 0 radical (unpaired) electrons. The van der Waals surface area contributed by atoms with Crippen molar-refractivity contribution in [2.45, 2.75) is 281 Å². The zero-order valence-electron chi connectivity index (χ0n) is 61.1. The number of carbonyl (C=O) groups excluding carboxylic acids is 12. The lowest BCUT2D eigenvalue weighted by molar-refractivity contribution is -0.143. The molecule has 1 fully saturated rings. The van der Waals surface area contributed by atoms with E-state index in [2.05, 4.69) is 54.8 Å². The number of ether oxygens (including phenoxy) is 1. The van der Waals surface area contributed by atoms with Crippen LogP contribution in [0.2, 0.25) is 0 Å². The number of aromatic hydroxyl groups is 1. The molecule has 0 aliphatic carbocycles. The first kappa shape index (κ1) is 88.1. The summed E-state index contributed by atoms with van der Waals surface area (Å²) in [5.74, 6) is -15.4. The van der Waals surface area contributed by atoms with Crippen LogP contribution in [0.4, 0.5) is 0 Å². The van der Waals surface area contributed by atoms with Gasteiger partial charge in [-0.25, -0.2) is 4.79 Å². The number of esters is 1. The first-order valence-corrected chi connectivity index (χ1v) is 36.8. The standard InChI is InChI=1S/C73H112N12O20/c1-6-8-9-10-11-12-13-14-15-16-17-18-21-49(88)42-59(90)77-52(33-36-60(91)92)66(97)78-51(22-19-38-74)65(96)81-56-41-47-26-30-50(31-27-47)105-73(104)62(43(3)7-2)83-68(99)55(40-46-24-28-48(87)29-25-46)82-67(98)53(32-35-58(75)89)79-70(101)57-23-20-39-85(57)72(103)44(4)76-64(95)54(34-37-61(93)94)80-71(102)63(45(5)86)84-69(56)100/h24-31,43-45,49,51-57,62-63,86-88H,6-23,32-42,74H2,1-5H3,(H2,75,89)(H,76,95)(H,77,90)(H,78,97)(H,79,101)(H,80,102)(H,81,96)(H,82,98)(H,83,99)(H,84,100)(H,91,92)(H,93,94)/t43-,44-,45-,49?,51+,52-,53-,54-,55+,56-,57-,62-,63+/m0/s1. The van der Waals surface area contributed by atoms with E-state index in [4.69, 9.17) is 16.2 Å². The van der Waals surface area contributed by atoms with Crippen LogP contribution >= 0.6 is 0 Å². The van der Waals surface area contributed by atoms with Crippen molar-refractivity contribution in [1.82, 2.24) is 52.8 Å². The van der Waals surface area contributed by atoms with Crippen molar-refractivity contribution in [2.75, 3.05) is 13.1 Å². The number of nitrogens with zero attached hydrogens (tertiary/aromatic N) is 1. The molecule has 18 N–H and O–H groups in total. The number of hydrogen-bond donors (Lipinski definition) is 16. The Hall–Kier alpha value is -9.30. The minimum Gasteiger partial charge on any atom is -0.508 e. The normalized spacial score (nSPS) is 21.8. The summed E-state index contributed by atoms with van der Waals surface area (Å²) in [6.07, 6.45) is 6.66. The van der Waals surface area contributed by atoms with Crippen molar-refractivity contribution in [2.24, 2.45) is 17.4 Å². The van der Waals surface area contributed by atoms with Crippen molar-refractivity contribution in [3.8, 4) is 11.5 Å². The van der Waals surface area contributed by atoms with Gasteiger partial charge >= 0.3 is 17.9 Å². The maximum atomic E-state index is 14.8. The van der Waals surface area contributed by atoms with E-state index < -0.39 is 213 Å². The third-order valence-electron chi connectivity index (χ3n) is 18.7. The van der Waals surface area contributed by atoms with Crippen molar-refractivity contribution < 1.29 is 97.4 Å². The Balaban J connectivity index is 1.74. The van der Waals surface area contributed by atoms with Gasteiger partial charge in [-0.2, -0.15) is 0 Å². The Bertz CT molecular complexity index is 3210. The molecule has 1 unspecified atom stereocenters. The highest BCUT2D eigenvalue weighted by atomic mass is 16.5. The number of aliphatic hydroxyl groups is 2. The molecule has 584 valence electrons. The number of unbranched alkanes of at least 4 members (excludes halogenated alkanes) is 11. The quantitative estimate of drug-likeness (QED) is 0.0197. The summed E-state index contributed by atoms with van der Waals surface area (Å²) in [5, 5.41) is 74.1. The van der Waals surface area contributed by atoms with E-state index in [1.54, 1.807) is 13.8 Å². The Kier molecular flexibility index (Phi) is 39.0. The summed E-state index contributed by atoms with van der Waals surface area (Å²) in [5.41, 5.74) is 12.0. The van der Waals surface area contributed by atoms with Crippen LogP contribution in [0.25, 0.3) is 0 Å². The molecule has 13 atom stereocenters. The molecule has 1 saturated heterocycles. The number of aliphatic hydroxyl groups excluding tert-OH is 2. The van der Waals surface area contributed by atoms with Crippen LogP contribution in [0.15, 0.2) is 48.5 Å². The molecule has 3 aliphatic heterocycles. The van der Waals surface area contributed by atoms with E-state index in [-0.39, 0.29) is 62.3 Å². The summed E-state index contributed by atoms with van der Waals surface area (Å²) in [4.78, 5) is 195. The molecule has 11 amide bonds. The van der Waals surface area contributed by atoms with Gasteiger partial charge in [0.15, 0.2) is 0 Å². The topological polar surface area (TPSA) is 513 Å². The smallest absolute Gasteiger partial charge is 0.334 e. The number of nitrogens with two attached hydrogens (primary N) is 2. The lowest BCUT2D eigenvalue weighted by Gasteiger charge is -2.30. The first-order valence-electron chi connectivity index (χ1n) is 36.8. The van der Waals surface area contributed by atoms with Gasteiger partial charge in [0, 0.05) is 38.6 Å². The Morgan fingerprint density at radius 1 is 0.610 bits per heavy atom. The van der Waals surface area contributed by atoms with Crippen LogP contribution < -0.4 is 64.1 Å². The maximum absolute atomic E-state index is 14.8. The minimum absolute atomic E-state index is 0.0221. The number of phenolic OH excluding ortho intramolecular Hbond substituents is 1. The van der Waals surface area contributed by atoms with Crippen molar-refractivity contribution in [1.29, 1.82) is 0 Å². The number of carboxylic acid groups (broad SMARTS) is 2. The Morgan fingerprint density at radius 2 is 1.16 bits per heavy atom. The van der Waals surface area contributed by atoms with E-state index in [9.17, 15) is 92.7 Å². The highest BCUT2D eigenvalue weighted by Gasteiger charge is 2.41. The number of benzene rings is 2. The molecule has 32 nitrogen and oxygen atoms in total. The molecule has 32 heteroatoms. The van der Waals surface area contributed by atoms with Gasteiger partial charge in [-0.1, -0.05) is 129 Å². The average molecular weight is 1480 g/mol. The number of fused-ring (bicyclic) bond motifs is 23. The molecule has 0 saturated carbocycles. The number of carbonyl (C=O) groups is 14. The van der Waals surface area contributed by atoms with Gasteiger partial charge in [0.25, 0.3) is 0 Å². The third-order valence-corrected chi connectivity index (χ3v) is 18.7. The van der Waals surface area contributed by atoms with Crippen LogP contribution in [0.3, 0.4) is 0 Å². The summed E-state index contributed by atoms with van der Waals surface area (Å²) >= 11 is 0. The van der Waals surface area contributed by atoms with Gasteiger partial charge in [0.2, 0.25) is 65.0 Å². The number of amides is 11. The van der Waals surface area contributed by atoms with Crippen LogP contribution in [0.5, 0.6) is 11.5 Å². The van der Waals surface area contributed by atoms with E-state index in [0.29, 0.717) is 24.8 Å². The van der Waals surface area contributed by atoms with E-state index in [0.717, 1.165) is 43.9 Å². The molecule has 0 spiro atoms. The largest absolute Gasteiger partial charge is 0.508 e. The van der Waals surface area contributed by atoms with Gasteiger partial charge in [-0.3, -0.25) is 62.3 Å². The monoisotopic (exact) mass is 1480 g/mol. The molecule has 3 aliphatic rings. The molecule has 0 aromatic heterocycles. The second kappa shape index (κ2) is 46.5. The molecule has 105 heavy (non-hydrogen) atoms. The third kappa shape index (κ3) is 31.9. The predicted octanol–water partition coefficient (Wildman–Crippen LogP) is 1.47. The number of carboxylic acids is 2. The number of primary amides is 1. The summed E-state index contributed by atoms with van der Waals surface area (Å²) in [6, 6.07) is -4.87. The van der Waals surface area contributed by atoms with E-state index in [1.807, 2.05) is 0 Å². The molecule has 2 aromatic rings. The molecular weight excluding hydrogens is 1360 g/mol. The van der Waals surface area contributed by atoms with E-state index >= 15 is 0 Å². The Labute approximate surface area is 612 Å². The molecule has 2 bridgehead atoms. The second-order valence-electron chi connectivity index (χ2n) is 27.4. The van der Waals surface area contributed by atoms with Gasteiger partial charge in [-0.15, -0.1) is 0 Å². The van der Waals surface area contributed by atoms with Crippen molar-refractivity contribution in [3.63, 3.8) is 0 Å². The number of aliphatic carboxylic acids is 2. The first-order chi connectivity index (χ1) is 49.9. The van der Waals surface area contributed by atoms with Gasteiger partial charge < -0.3 is 94.5 Å². The highest BCUT2D eigenvalue weighted by Crippen LogP contribution is 2.23. The number of nitrogens with one attached hydrogen (secondary N) is 9. The SMILES string of the molecule is CCCCCCCCCCCCCCC(O)CC(=O)N[C@@H](CCC(=O)O)C(=O)N[C@H](CCCN)C(=O)N[C@H]1Cc2ccc(cc2)OC(=O)[C@H]([C@@H](C)CC)NC(=O)[C@@H](Cc2ccc(O)cc2)NC(=O)[C@H](CCC(N)=O)NC(=O)[C@@H]2CCCN2C(=O)[C@H](C)NC(=O)[C@H](CCC(=O)O)NC(=O)[C@@H]([C@H](C)O)NC1=O. The van der Waals surface area contributed by atoms with Crippen molar-refractivity contribution in [3.05, 3.63) is 59.7 Å². The fourth-order valence-corrected chi connectivity index (χ4v) is 12.3. The maximum Gasteiger partial charge on any atom is 0.334 e.